The SMILES string of the molecule is CC[C@H](NC(=O)c1sccc1-n1cccc1)C(=O)O. The zero-order chi connectivity index (χ0) is 13.8. The van der Waals surface area contributed by atoms with Crippen molar-refractivity contribution in [3.8, 4) is 5.69 Å². The molecule has 19 heavy (non-hydrogen) atoms. The molecule has 0 spiro atoms. The van der Waals surface area contributed by atoms with E-state index in [-0.39, 0.29) is 5.91 Å². The summed E-state index contributed by atoms with van der Waals surface area (Å²) in [5, 5.41) is 13.3. The lowest BCUT2D eigenvalue weighted by atomic mass is 10.2. The second-order valence-corrected chi connectivity index (χ2v) is 4.91. The van der Waals surface area contributed by atoms with Crippen LogP contribution in [0.1, 0.15) is 23.0 Å². The Hall–Kier alpha value is -2.08. The third-order valence-electron chi connectivity index (χ3n) is 2.74. The third kappa shape index (κ3) is 2.85. The summed E-state index contributed by atoms with van der Waals surface area (Å²) < 4.78 is 1.83. The van der Waals surface area contributed by atoms with Crippen LogP contribution in [-0.4, -0.2) is 27.6 Å². The molecular weight excluding hydrogens is 264 g/mol. The minimum absolute atomic E-state index is 0.352. The molecule has 0 aromatic carbocycles. The maximum Gasteiger partial charge on any atom is 0.326 e. The first kappa shape index (κ1) is 13.4. The van der Waals surface area contributed by atoms with Crippen LogP contribution in [0.2, 0.25) is 0 Å². The van der Waals surface area contributed by atoms with E-state index in [2.05, 4.69) is 5.32 Å². The number of rotatable bonds is 5. The average molecular weight is 278 g/mol. The second-order valence-electron chi connectivity index (χ2n) is 4.00. The largest absolute Gasteiger partial charge is 0.480 e. The molecule has 5 nitrogen and oxygen atoms in total. The molecule has 2 aromatic heterocycles. The monoisotopic (exact) mass is 278 g/mol. The molecule has 0 aliphatic carbocycles. The fraction of sp³-hybridized carbons (Fsp3) is 0.231. The van der Waals surface area contributed by atoms with Gasteiger partial charge in [-0.15, -0.1) is 11.3 Å². The summed E-state index contributed by atoms with van der Waals surface area (Å²) in [5.41, 5.74) is 0.757. The molecule has 0 saturated carbocycles. The van der Waals surface area contributed by atoms with Crippen LogP contribution < -0.4 is 5.32 Å². The summed E-state index contributed by atoms with van der Waals surface area (Å²) in [6, 6.07) is 4.71. The van der Waals surface area contributed by atoms with Crippen molar-refractivity contribution in [3.05, 3.63) is 40.8 Å². The van der Waals surface area contributed by atoms with Crippen molar-refractivity contribution in [3.63, 3.8) is 0 Å². The number of carbonyl (C=O) groups excluding carboxylic acids is 1. The van der Waals surface area contributed by atoms with E-state index in [1.54, 1.807) is 6.92 Å². The zero-order valence-corrected chi connectivity index (χ0v) is 11.2. The van der Waals surface area contributed by atoms with Gasteiger partial charge < -0.3 is 15.0 Å². The number of amides is 1. The quantitative estimate of drug-likeness (QED) is 0.880. The molecule has 2 heterocycles. The lowest BCUT2D eigenvalue weighted by Gasteiger charge is -2.12. The molecule has 2 aromatic rings. The van der Waals surface area contributed by atoms with E-state index >= 15 is 0 Å². The van der Waals surface area contributed by atoms with Crippen molar-refractivity contribution in [1.82, 2.24) is 9.88 Å². The van der Waals surface area contributed by atoms with Crippen LogP contribution in [-0.2, 0) is 4.79 Å². The zero-order valence-electron chi connectivity index (χ0n) is 10.4. The number of aromatic nitrogens is 1. The number of nitrogens with one attached hydrogen (secondary N) is 1. The first-order valence-electron chi connectivity index (χ1n) is 5.88. The molecule has 1 amide bonds. The molecule has 2 N–H and O–H groups in total. The highest BCUT2D eigenvalue weighted by atomic mass is 32.1. The van der Waals surface area contributed by atoms with Gasteiger partial charge in [-0.2, -0.15) is 0 Å². The lowest BCUT2D eigenvalue weighted by molar-refractivity contribution is -0.139. The van der Waals surface area contributed by atoms with E-state index in [0.717, 1.165) is 5.69 Å². The molecule has 0 aliphatic rings. The Kier molecular flexibility index (Phi) is 4.01. The van der Waals surface area contributed by atoms with E-state index in [1.807, 2.05) is 40.5 Å². The van der Waals surface area contributed by atoms with Gasteiger partial charge in [-0.3, -0.25) is 4.79 Å². The second kappa shape index (κ2) is 5.71. The van der Waals surface area contributed by atoms with Gasteiger partial charge >= 0.3 is 5.97 Å². The molecule has 0 aliphatic heterocycles. The highest BCUT2D eigenvalue weighted by molar-refractivity contribution is 7.12. The van der Waals surface area contributed by atoms with Crippen LogP contribution >= 0.6 is 11.3 Å². The average Bonchev–Trinajstić information content (AvgIpc) is 3.03. The van der Waals surface area contributed by atoms with Crippen molar-refractivity contribution in [2.45, 2.75) is 19.4 Å². The van der Waals surface area contributed by atoms with Gasteiger partial charge in [-0.25, -0.2) is 4.79 Å². The van der Waals surface area contributed by atoms with Crippen molar-refractivity contribution < 1.29 is 14.7 Å². The van der Waals surface area contributed by atoms with Gasteiger partial charge in [0.1, 0.15) is 10.9 Å². The summed E-state index contributed by atoms with van der Waals surface area (Å²) in [6.45, 7) is 1.72. The Balaban J connectivity index is 2.21. The summed E-state index contributed by atoms with van der Waals surface area (Å²) in [6.07, 6.45) is 4.03. The Morgan fingerprint density at radius 2 is 2.11 bits per heavy atom. The molecule has 2 rings (SSSR count). The van der Waals surface area contributed by atoms with Gasteiger partial charge in [-0.1, -0.05) is 6.92 Å². The number of carboxylic acids is 1. The molecule has 1 atom stereocenters. The van der Waals surface area contributed by atoms with Crippen LogP contribution in [0.5, 0.6) is 0 Å². The van der Waals surface area contributed by atoms with Crippen molar-refractivity contribution in [1.29, 1.82) is 0 Å². The minimum atomic E-state index is -1.02. The van der Waals surface area contributed by atoms with Crippen LogP contribution in [0.4, 0.5) is 0 Å². The standard InChI is InChI=1S/C13H14N2O3S/c1-2-9(13(17)18)14-12(16)11-10(5-8-19-11)15-6-3-4-7-15/h3-9H,2H2,1H3,(H,14,16)(H,17,18)/t9-/m0/s1. The third-order valence-corrected chi connectivity index (χ3v) is 3.65. The molecule has 100 valence electrons. The number of carbonyl (C=O) groups is 2. The lowest BCUT2D eigenvalue weighted by Crippen LogP contribution is -2.40. The Morgan fingerprint density at radius 3 is 2.68 bits per heavy atom. The van der Waals surface area contributed by atoms with Crippen LogP contribution in [0.15, 0.2) is 36.0 Å². The topological polar surface area (TPSA) is 71.3 Å². The number of thiophene rings is 1. The molecule has 0 unspecified atom stereocenters. The van der Waals surface area contributed by atoms with E-state index in [4.69, 9.17) is 5.11 Å². The molecule has 0 radical (unpaired) electrons. The fourth-order valence-corrected chi connectivity index (χ4v) is 2.53. The predicted octanol–water partition coefficient (Wildman–Crippen LogP) is 2.13. The number of hydrogen-bond donors (Lipinski definition) is 2. The smallest absolute Gasteiger partial charge is 0.326 e. The summed E-state index contributed by atoms with van der Waals surface area (Å²) in [4.78, 5) is 23.6. The molecule has 0 saturated heterocycles. The van der Waals surface area contributed by atoms with Gasteiger partial charge in [0.2, 0.25) is 0 Å². The molecule has 0 fully saturated rings. The van der Waals surface area contributed by atoms with Gasteiger partial charge in [0.15, 0.2) is 0 Å². The Bertz CT molecular complexity index is 574. The molecule has 0 bridgehead atoms. The molecular formula is C13H14N2O3S. The summed E-state index contributed by atoms with van der Waals surface area (Å²) in [7, 11) is 0. The van der Waals surface area contributed by atoms with E-state index in [9.17, 15) is 9.59 Å². The first-order chi connectivity index (χ1) is 9.13. The van der Waals surface area contributed by atoms with Gasteiger partial charge in [0.25, 0.3) is 5.91 Å². The van der Waals surface area contributed by atoms with Gasteiger partial charge in [0, 0.05) is 12.4 Å². The fourth-order valence-electron chi connectivity index (χ4n) is 1.73. The van der Waals surface area contributed by atoms with Crippen molar-refractivity contribution in [2.75, 3.05) is 0 Å². The number of aliphatic carboxylic acids is 1. The maximum absolute atomic E-state index is 12.1. The molecule has 6 heteroatoms. The highest BCUT2D eigenvalue weighted by Crippen LogP contribution is 2.21. The minimum Gasteiger partial charge on any atom is -0.480 e. The maximum atomic E-state index is 12.1. The Morgan fingerprint density at radius 1 is 1.42 bits per heavy atom. The number of nitrogens with zero attached hydrogens (tertiary/aromatic N) is 1. The Labute approximate surface area is 114 Å². The first-order valence-corrected chi connectivity index (χ1v) is 6.76. The number of hydrogen-bond acceptors (Lipinski definition) is 3. The van der Waals surface area contributed by atoms with Crippen LogP contribution in [0.3, 0.4) is 0 Å². The highest BCUT2D eigenvalue weighted by Gasteiger charge is 2.21. The van der Waals surface area contributed by atoms with Gasteiger partial charge in [-0.05, 0) is 30.0 Å². The van der Waals surface area contributed by atoms with E-state index in [0.29, 0.717) is 11.3 Å². The summed E-state index contributed by atoms with van der Waals surface area (Å²) in [5.74, 6) is -1.37. The number of carboxylic acid groups (broad SMARTS) is 1. The van der Waals surface area contributed by atoms with Crippen molar-refractivity contribution in [2.24, 2.45) is 0 Å². The predicted molar refractivity (Wildman–Crippen MR) is 72.8 cm³/mol. The van der Waals surface area contributed by atoms with Crippen molar-refractivity contribution >= 4 is 23.2 Å². The van der Waals surface area contributed by atoms with Crippen LogP contribution in [0.25, 0.3) is 5.69 Å². The normalized spacial score (nSPS) is 12.1. The summed E-state index contributed by atoms with van der Waals surface area (Å²) >= 11 is 1.29. The van der Waals surface area contributed by atoms with Crippen LogP contribution in [0, 0.1) is 0 Å². The van der Waals surface area contributed by atoms with Gasteiger partial charge in [0.05, 0.1) is 5.69 Å². The van der Waals surface area contributed by atoms with E-state index < -0.39 is 12.0 Å². The van der Waals surface area contributed by atoms with E-state index in [1.165, 1.54) is 11.3 Å².